The third kappa shape index (κ3) is 27.6. The third-order valence-corrected chi connectivity index (χ3v) is 17.6. The number of ether oxygens (including phenoxy) is 5. The van der Waals surface area contributed by atoms with Crippen molar-refractivity contribution in [2.75, 3.05) is 48.6 Å². The number of hydrogen-bond donors (Lipinski definition) is 2. The normalized spacial score (nSPS) is 12.9. The van der Waals surface area contributed by atoms with Gasteiger partial charge in [0.2, 0.25) is 17.6 Å². The lowest BCUT2D eigenvalue weighted by molar-refractivity contribution is -0.115. The quantitative estimate of drug-likeness (QED) is 0.0251. The second-order valence-electron chi connectivity index (χ2n) is 26.0. The fourth-order valence-electron chi connectivity index (χ4n) is 11.4. The van der Waals surface area contributed by atoms with E-state index in [0.29, 0.717) is 62.1 Å². The first-order chi connectivity index (χ1) is 44.8. The van der Waals surface area contributed by atoms with Gasteiger partial charge in [-0.3, -0.25) is 19.2 Å². The highest BCUT2D eigenvalue weighted by Gasteiger charge is 2.41. The van der Waals surface area contributed by atoms with Crippen LogP contribution in [-0.2, 0) is 9.59 Å². The molecule has 0 saturated carbocycles. The second-order valence-corrected chi connectivity index (χ2v) is 26.0. The molecule has 0 aromatic heterocycles. The van der Waals surface area contributed by atoms with Crippen molar-refractivity contribution in [2.24, 2.45) is 11.8 Å². The number of carbonyl (C=O) groups excluding carboxylic acids is 4. The second kappa shape index (κ2) is 44.9. The fourth-order valence-corrected chi connectivity index (χ4v) is 11.4. The van der Waals surface area contributed by atoms with Crippen molar-refractivity contribution in [2.45, 2.75) is 268 Å². The summed E-state index contributed by atoms with van der Waals surface area (Å²) in [6.45, 7) is 21.1. The minimum atomic E-state index is -0.603. The van der Waals surface area contributed by atoms with Gasteiger partial charge in [-0.1, -0.05) is 271 Å². The predicted octanol–water partition coefficient (Wildman–Crippen LogP) is 22.5. The van der Waals surface area contributed by atoms with Gasteiger partial charge in [-0.05, 0) is 90.8 Å². The maximum atomic E-state index is 14.1. The third-order valence-electron chi connectivity index (χ3n) is 17.6. The molecule has 4 aromatic carbocycles. The number of imide groups is 1. The van der Waals surface area contributed by atoms with Crippen molar-refractivity contribution < 1.29 is 42.9 Å². The molecule has 0 bridgehead atoms. The van der Waals surface area contributed by atoms with E-state index in [1.165, 1.54) is 180 Å². The van der Waals surface area contributed by atoms with Gasteiger partial charge in [0.25, 0.3) is 11.8 Å². The van der Waals surface area contributed by atoms with Crippen LogP contribution >= 0.6 is 0 Å². The summed E-state index contributed by atoms with van der Waals surface area (Å²) in [5.74, 6) is 2.23. The number of carbonyl (C=O) groups is 4. The zero-order valence-electron chi connectivity index (χ0n) is 58.5. The molecule has 508 valence electrons. The summed E-state index contributed by atoms with van der Waals surface area (Å²) in [5.41, 5.74) is 4.24. The lowest BCUT2D eigenvalue weighted by Gasteiger charge is -2.19. The zero-order chi connectivity index (χ0) is 66.1. The van der Waals surface area contributed by atoms with Crippen LogP contribution in [0.5, 0.6) is 28.7 Å². The van der Waals surface area contributed by atoms with Gasteiger partial charge in [-0.2, -0.15) is 0 Å². The van der Waals surface area contributed by atoms with Crippen LogP contribution in [0.2, 0.25) is 0 Å². The van der Waals surface area contributed by atoms with Crippen LogP contribution in [0.25, 0.3) is 24.3 Å². The van der Waals surface area contributed by atoms with E-state index in [4.69, 9.17) is 23.7 Å². The van der Waals surface area contributed by atoms with Crippen LogP contribution in [0.4, 0.5) is 17.1 Å². The van der Waals surface area contributed by atoms with E-state index in [0.717, 1.165) is 95.8 Å². The van der Waals surface area contributed by atoms with Crippen LogP contribution in [0.3, 0.4) is 0 Å². The maximum absolute atomic E-state index is 14.1. The predicted molar refractivity (Wildman–Crippen MR) is 385 cm³/mol. The molecule has 1 heterocycles. The van der Waals surface area contributed by atoms with Gasteiger partial charge in [-0.25, -0.2) is 4.90 Å². The van der Waals surface area contributed by atoms with Crippen molar-refractivity contribution in [3.63, 3.8) is 0 Å². The Bertz CT molecular complexity index is 2760. The van der Waals surface area contributed by atoms with Gasteiger partial charge in [0, 0.05) is 25.0 Å². The van der Waals surface area contributed by atoms with Crippen LogP contribution < -0.4 is 39.2 Å². The monoisotopic (exact) mass is 1270 g/mol. The van der Waals surface area contributed by atoms with E-state index in [1.54, 1.807) is 12.1 Å². The van der Waals surface area contributed by atoms with Crippen molar-refractivity contribution >= 4 is 65.0 Å². The summed E-state index contributed by atoms with van der Waals surface area (Å²) in [6.07, 6.45) is 47.9. The van der Waals surface area contributed by atoms with E-state index in [-0.39, 0.29) is 22.5 Å². The molecule has 0 radical (unpaired) electrons. The number of hydrogen-bond acceptors (Lipinski definition) is 9. The summed E-state index contributed by atoms with van der Waals surface area (Å²) >= 11 is 0. The average Bonchev–Trinajstić information content (AvgIpc) is 1.59. The molecule has 4 aromatic rings. The van der Waals surface area contributed by atoms with E-state index in [1.807, 2.05) is 24.3 Å². The molecule has 12 heteroatoms. The zero-order valence-corrected chi connectivity index (χ0v) is 58.5. The standard InChI is InChI=1S/C80H119N3O9/c1-10-15-18-21-24-27-30-33-36-39-52-88-74-55-66(56-75(89-53-40-37-34-31-28-25-22-19-16-11-2)78(74)90-54-41-38-35-32-29-26-23-20-17-12-3)43-47-68-58-72(91-59-61(6)13-4)67(57-73(68)92-60-62(7)14-5)46-42-65-44-48-69(49-45-65)83-79(86)76-70(81-63(8)84)50-51-71(82-64(9)85)77(76)80(83)87/h42-51,55-58,61-62H,10-41,52-54,59-60H2,1-9H3,(H,81,84)(H,82,85)/b46-42+,47-43+/t61-,62-/m0/s1. The maximum Gasteiger partial charge on any atom is 0.268 e. The largest absolute Gasteiger partial charge is 0.493 e. The number of fused-ring (bicyclic) bond motifs is 1. The summed E-state index contributed by atoms with van der Waals surface area (Å²) < 4.78 is 33.8. The van der Waals surface area contributed by atoms with Gasteiger partial charge in [0.05, 0.1) is 61.2 Å². The smallest absolute Gasteiger partial charge is 0.268 e. The van der Waals surface area contributed by atoms with Gasteiger partial charge in [0.15, 0.2) is 11.5 Å². The minimum absolute atomic E-state index is 0.0228. The molecule has 1 aliphatic rings. The summed E-state index contributed by atoms with van der Waals surface area (Å²) in [5, 5.41) is 5.34. The summed E-state index contributed by atoms with van der Waals surface area (Å²) in [7, 11) is 0. The number of rotatable bonds is 51. The molecule has 0 aliphatic carbocycles. The first kappa shape index (κ1) is 76.2. The van der Waals surface area contributed by atoms with Crippen molar-refractivity contribution in [1.29, 1.82) is 0 Å². The van der Waals surface area contributed by atoms with Crippen LogP contribution in [0, 0.1) is 11.8 Å². The molecule has 2 N–H and O–H groups in total. The van der Waals surface area contributed by atoms with Crippen LogP contribution in [0.1, 0.15) is 311 Å². The van der Waals surface area contributed by atoms with Gasteiger partial charge >= 0.3 is 0 Å². The lowest BCUT2D eigenvalue weighted by Crippen LogP contribution is -2.29. The minimum Gasteiger partial charge on any atom is -0.493 e. The first-order valence-electron chi connectivity index (χ1n) is 36.4. The van der Waals surface area contributed by atoms with Crippen molar-refractivity contribution in [3.05, 3.63) is 94.0 Å². The molecule has 0 saturated heterocycles. The van der Waals surface area contributed by atoms with Crippen LogP contribution in [0.15, 0.2) is 60.7 Å². The van der Waals surface area contributed by atoms with E-state index in [9.17, 15) is 19.2 Å². The number of nitrogens with zero attached hydrogens (tertiary/aromatic N) is 1. The molecule has 0 fully saturated rings. The highest BCUT2D eigenvalue weighted by atomic mass is 16.5. The van der Waals surface area contributed by atoms with Gasteiger partial charge in [0.1, 0.15) is 11.5 Å². The molecule has 1 aliphatic heterocycles. The Morgan fingerprint density at radius 3 is 1.09 bits per heavy atom. The number of benzene rings is 4. The molecular formula is C80H119N3O9. The van der Waals surface area contributed by atoms with E-state index >= 15 is 0 Å². The Morgan fingerprint density at radius 2 is 0.739 bits per heavy atom. The highest BCUT2D eigenvalue weighted by molar-refractivity contribution is 6.38. The Morgan fingerprint density at radius 1 is 0.402 bits per heavy atom. The van der Waals surface area contributed by atoms with E-state index in [2.05, 4.69) is 95.5 Å². The molecule has 4 amide bonds. The lowest BCUT2D eigenvalue weighted by atomic mass is 10.0. The fraction of sp³-hybridized carbons (Fsp3) is 0.600. The number of nitrogens with one attached hydrogen (secondary N) is 2. The molecule has 2 atom stereocenters. The molecule has 5 rings (SSSR count). The Hall–Kier alpha value is -6.56. The van der Waals surface area contributed by atoms with Crippen molar-refractivity contribution in [3.8, 4) is 28.7 Å². The number of anilines is 3. The summed E-state index contributed by atoms with van der Waals surface area (Å²) in [6, 6.07) is 18.5. The summed E-state index contributed by atoms with van der Waals surface area (Å²) in [4.78, 5) is 53.5. The molecule has 0 unspecified atom stereocenters. The molecule has 12 nitrogen and oxygen atoms in total. The Labute approximate surface area is 556 Å². The van der Waals surface area contributed by atoms with E-state index < -0.39 is 23.6 Å². The Balaban J connectivity index is 1.46. The van der Waals surface area contributed by atoms with Crippen molar-refractivity contribution in [1.82, 2.24) is 0 Å². The number of unbranched alkanes of at least 4 members (excludes halogenated alkanes) is 27. The van der Waals surface area contributed by atoms with Gasteiger partial charge < -0.3 is 34.3 Å². The highest BCUT2D eigenvalue weighted by Crippen LogP contribution is 2.42. The van der Waals surface area contributed by atoms with Gasteiger partial charge in [-0.15, -0.1) is 0 Å². The average molecular weight is 1270 g/mol. The Kier molecular flexibility index (Phi) is 37.2. The molecule has 0 spiro atoms. The first-order valence-corrected chi connectivity index (χ1v) is 36.4. The molecular weight excluding hydrogens is 1150 g/mol. The molecule has 92 heavy (non-hydrogen) atoms. The SMILES string of the molecule is CCCCCCCCCCCCOc1cc(/C=C/c2cc(OC[C@@H](C)CC)c(/C=C/c3ccc(N4C(=O)c5c(NC(C)=O)ccc(NC(C)=O)c5C4=O)cc3)cc2OC[C@@H](C)CC)cc(OCCCCCCCCCCCC)c1OCCCCCCCCCCCC. The topological polar surface area (TPSA) is 142 Å². The van der Waals surface area contributed by atoms with Crippen LogP contribution in [-0.4, -0.2) is 56.7 Å². The number of amides is 4.